The Balaban J connectivity index is 1.46. The monoisotopic (exact) mass is 626 g/mol. The van der Waals surface area contributed by atoms with Crippen LogP contribution in [0, 0.1) is 5.92 Å². The van der Waals surface area contributed by atoms with Crippen LogP contribution in [0.2, 0.25) is 0 Å². The van der Waals surface area contributed by atoms with Crippen LogP contribution >= 0.6 is 23.7 Å². The van der Waals surface area contributed by atoms with Crippen LogP contribution in [0.15, 0.2) is 35.1 Å². The van der Waals surface area contributed by atoms with Gasteiger partial charge in [0.1, 0.15) is 11.8 Å². The Morgan fingerprint density at radius 1 is 1.18 bits per heavy atom. The number of carbonyl (C=O) groups is 2. The Labute approximate surface area is 232 Å². The average Bonchev–Trinajstić information content (AvgIpc) is 3.30. The first-order valence-corrected chi connectivity index (χ1v) is 14.1. The lowest BCUT2D eigenvalue weighted by atomic mass is 9.81. The number of aromatic nitrogens is 4. The van der Waals surface area contributed by atoms with E-state index in [-0.39, 0.29) is 30.3 Å². The summed E-state index contributed by atoms with van der Waals surface area (Å²) in [5, 5.41) is 2.56. The van der Waals surface area contributed by atoms with Crippen LogP contribution in [-0.4, -0.2) is 65.4 Å². The van der Waals surface area contributed by atoms with E-state index in [1.54, 1.807) is 30.6 Å². The molecule has 2 heterocycles. The third-order valence-electron chi connectivity index (χ3n) is 6.12. The van der Waals surface area contributed by atoms with E-state index in [9.17, 15) is 14.2 Å². The number of benzene rings is 1. The molecule has 1 saturated carbocycles. The molecule has 1 aliphatic rings. The topological polar surface area (TPSA) is 179 Å². The molecular formula is C23H28BrN6O8P. The van der Waals surface area contributed by atoms with Gasteiger partial charge in [0.05, 0.1) is 40.7 Å². The standard InChI is InChI=1S/C23H28BrN6O8P/c1-34-18(31)10-17(22(32)36-3)29-39(33,38-16-6-4-14(24)5-7-16)37-11-13-8-15(9-13)30-12-26-19-20(30)27-23(25)28-21(19)35-2/h4-7,12-13,15,17H,8-11H2,1-3H3,(H,29,33)(H2,25,27,28)/t13-,15+,17-,39?/m0/s1. The number of hydrogen-bond acceptors (Lipinski definition) is 12. The second-order valence-corrected chi connectivity index (χ2v) is 11.3. The van der Waals surface area contributed by atoms with Gasteiger partial charge in [-0.1, -0.05) is 15.9 Å². The largest absolute Gasteiger partial charge is 0.479 e. The minimum Gasteiger partial charge on any atom is -0.479 e. The zero-order chi connectivity index (χ0) is 28.2. The summed E-state index contributed by atoms with van der Waals surface area (Å²) in [5.74, 6) is -0.920. The van der Waals surface area contributed by atoms with Crippen LogP contribution < -0.4 is 20.1 Å². The fourth-order valence-electron chi connectivity index (χ4n) is 4.07. The number of rotatable bonds is 12. The minimum absolute atomic E-state index is 0.00866. The summed E-state index contributed by atoms with van der Waals surface area (Å²) in [7, 11) is -0.351. The first-order chi connectivity index (χ1) is 18.6. The Morgan fingerprint density at radius 3 is 2.54 bits per heavy atom. The molecule has 1 unspecified atom stereocenters. The summed E-state index contributed by atoms with van der Waals surface area (Å²) in [5.41, 5.74) is 6.87. The molecule has 2 aromatic heterocycles. The van der Waals surface area contributed by atoms with Crippen molar-refractivity contribution < 1.29 is 37.4 Å². The lowest BCUT2D eigenvalue weighted by molar-refractivity contribution is -0.149. The van der Waals surface area contributed by atoms with Crippen molar-refractivity contribution in [3.63, 3.8) is 0 Å². The van der Waals surface area contributed by atoms with Gasteiger partial charge in [0, 0.05) is 10.5 Å². The van der Waals surface area contributed by atoms with E-state index in [2.05, 4.69) is 40.7 Å². The molecule has 1 aliphatic carbocycles. The summed E-state index contributed by atoms with van der Waals surface area (Å²) in [6.45, 7) is 0.0521. The maximum Gasteiger partial charge on any atom is 0.459 e. The Kier molecular flexibility index (Phi) is 9.05. The summed E-state index contributed by atoms with van der Waals surface area (Å²) < 4.78 is 42.6. The van der Waals surface area contributed by atoms with Crippen molar-refractivity contribution in [1.82, 2.24) is 24.6 Å². The number of methoxy groups -OCH3 is 3. The van der Waals surface area contributed by atoms with Crippen molar-refractivity contribution >= 4 is 52.7 Å². The van der Waals surface area contributed by atoms with Crippen molar-refractivity contribution in [2.24, 2.45) is 5.92 Å². The average molecular weight is 627 g/mol. The van der Waals surface area contributed by atoms with E-state index < -0.39 is 32.1 Å². The molecular weight excluding hydrogens is 599 g/mol. The van der Waals surface area contributed by atoms with E-state index in [1.807, 2.05) is 4.57 Å². The SMILES string of the molecule is COC(=O)C[C@H](NP(=O)(OC[C@H]1C[C@@H](n2cnc3c(OC)nc(N)nc32)C1)Oc1ccc(Br)cc1)C(=O)OC. The van der Waals surface area contributed by atoms with Gasteiger partial charge < -0.3 is 29.0 Å². The number of halogens is 1. The molecule has 1 fully saturated rings. The molecule has 3 aromatic rings. The van der Waals surface area contributed by atoms with Gasteiger partial charge in [0.2, 0.25) is 11.8 Å². The molecule has 16 heteroatoms. The van der Waals surface area contributed by atoms with Gasteiger partial charge in [0.15, 0.2) is 11.2 Å². The van der Waals surface area contributed by atoms with Gasteiger partial charge in [-0.25, -0.2) is 9.55 Å². The number of imidazole rings is 1. The highest BCUT2D eigenvalue weighted by Crippen LogP contribution is 2.48. The molecule has 1 aromatic carbocycles. The van der Waals surface area contributed by atoms with E-state index in [1.165, 1.54) is 14.2 Å². The minimum atomic E-state index is -4.16. The second kappa shape index (κ2) is 12.3. The highest BCUT2D eigenvalue weighted by molar-refractivity contribution is 9.10. The zero-order valence-corrected chi connectivity index (χ0v) is 23.9. The lowest BCUT2D eigenvalue weighted by Gasteiger charge is -2.36. The van der Waals surface area contributed by atoms with Crippen LogP contribution in [0.25, 0.3) is 11.2 Å². The smallest absolute Gasteiger partial charge is 0.459 e. The molecule has 0 aliphatic heterocycles. The molecule has 2 atom stereocenters. The normalized spacial score (nSPS) is 19.0. The lowest BCUT2D eigenvalue weighted by Crippen LogP contribution is -2.40. The second-order valence-electron chi connectivity index (χ2n) is 8.73. The molecule has 3 N–H and O–H groups in total. The number of nitrogens with one attached hydrogen (secondary N) is 1. The molecule has 0 saturated heterocycles. The highest BCUT2D eigenvalue weighted by Gasteiger charge is 2.39. The van der Waals surface area contributed by atoms with Gasteiger partial charge in [-0.05, 0) is 43.0 Å². The van der Waals surface area contributed by atoms with Crippen molar-refractivity contribution in [3.8, 4) is 11.6 Å². The predicted octanol–water partition coefficient (Wildman–Crippen LogP) is 3.03. The van der Waals surface area contributed by atoms with E-state index in [0.29, 0.717) is 29.9 Å². The van der Waals surface area contributed by atoms with E-state index in [0.717, 1.165) is 11.6 Å². The number of fused-ring (bicyclic) bond motifs is 1. The number of carbonyl (C=O) groups excluding carboxylic acids is 2. The molecule has 14 nitrogen and oxygen atoms in total. The predicted molar refractivity (Wildman–Crippen MR) is 142 cm³/mol. The van der Waals surface area contributed by atoms with E-state index >= 15 is 0 Å². The first-order valence-electron chi connectivity index (χ1n) is 11.8. The molecule has 0 bridgehead atoms. The fraction of sp³-hybridized carbons (Fsp3) is 0.435. The van der Waals surface area contributed by atoms with Crippen molar-refractivity contribution in [2.45, 2.75) is 31.3 Å². The first kappa shape index (κ1) is 28.7. The van der Waals surface area contributed by atoms with Crippen LogP contribution in [0.3, 0.4) is 0 Å². The molecule has 0 amide bonds. The highest BCUT2D eigenvalue weighted by atomic mass is 79.9. The molecule has 0 radical (unpaired) electrons. The molecule has 4 rings (SSSR count). The fourth-order valence-corrected chi connectivity index (χ4v) is 5.90. The van der Waals surface area contributed by atoms with Crippen LogP contribution in [0.1, 0.15) is 25.3 Å². The van der Waals surface area contributed by atoms with E-state index in [4.69, 9.17) is 24.3 Å². The molecule has 210 valence electrons. The zero-order valence-electron chi connectivity index (χ0n) is 21.4. The van der Waals surface area contributed by atoms with Gasteiger partial charge in [-0.2, -0.15) is 15.1 Å². The number of esters is 2. The third-order valence-corrected chi connectivity index (χ3v) is 8.22. The molecule has 39 heavy (non-hydrogen) atoms. The molecule has 0 spiro atoms. The van der Waals surface area contributed by atoms with Crippen molar-refractivity contribution in [1.29, 1.82) is 0 Å². The summed E-state index contributed by atoms with van der Waals surface area (Å²) >= 11 is 3.33. The number of ether oxygens (including phenoxy) is 3. The van der Waals surface area contributed by atoms with Crippen molar-refractivity contribution in [3.05, 3.63) is 35.1 Å². The van der Waals surface area contributed by atoms with Crippen LogP contribution in [-0.2, 0) is 28.2 Å². The number of nitrogens with two attached hydrogens (primary N) is 1. The third kappa shape index (κ3) is 6.85. The number of nitrogen functional groups attached to an aromatic ring is 1. The Morgan fingerprint density at radius 2 is 1.90 bits per heavy atom. The van der Waals surface area contributed by atoms with Gasteiger partial charge in [-0.3, -0.25) is 14.1 Å². The summed E-state index contributed by atoms with van der Waals surface area (Å²) in [4.78, 5) is 36.9. The Bertz CT molecular complexity index is 1380. The number of hydrogen-bond donors (Lipinski definition) is 2. The Hall–Kier alpha value is -3.26. The van der Waals surface area contributed by atoms with Crippen molar-refractivity contribution in [2.75, 3.05) is 33.7 Å². The number of anilines is 1. The maximum absolute atomic E-state index is 13.8. The number of nitrogens with zero attached hydrogens (tertiary/aromatic N) is 4. The summed E-state index contributed by atoms with van der Waals surface area (Å²) in [6.07, 6.45) is 2.55. The quantitative estimate of drug-likeness (QED) is 0.221. The summed E-state index contributed by atoms with van der Waals surface area (Å²) in [6, 6.07) is 5.29. The maximum atomic E-state index is 13.8. The van der Waals surface area contributed by atoms with Crippen LogP contribution in [0.4, 0.5) is 5.95 Å². The van der Waals surface area contributed by atoms with Gasteiger partial charge in [-0.15, -0.1) is 0 Å². The van der Waals surface area contributed by atoms with Gasteiger partial charge >= 0.3 is 19.7 Å². The van der Waals surface area contributed by atoms with Gasteiger partial charge in [0.25, 0.3) is 0 Å². The van der Waals surface area contributed by atoms with Crippen LogP contribution in [0.5, 0.6) is 11.6 Å².